The fourth-order valence-electron chi connectivity index (χ4n) is 4.85. The van der Waals surface area contributed by atoms with Gasteiger partial charge in [-0.3, -0.25) is 4.40 Å². The summed E-state index contributed by atoms with van der Waals surface area (Å²) in [5.41, 5.74) is 10.5. The van der Waals surface area contributed by atoms with Gasteiger partial charge in [-0.15, -0.1) is 5.10 Å². The van der Waals surface area contributed by atoms with Crippen LogP contribution in [0.1, 0.15) is 12.0 Å². The predicted molar refractivity (Wildman–Crippen MR) is 130 cm³/mol. The third kappa shape index (κ3) is 3.54. The monoisotopic (exact) mass is 485 g/mol. The van der Waals surface area contributed by atoms with Crippen LogP contribution in [0.15, 0.2) is 48.8 Å². The summed E-state index contributed by atoms with van der Waals surface area (Å²) in [4.78, 5) is 11.2. The standard InChI is InChI=1S/C25H21F2N9/c1-34-21-5-4-15(9-20(21)32-33-34)23-22(14-2-3-16(11-28)19(27)8-14)31-25-24(30-6-7-36(23)25)35-12-17(26)10-18(29)13-35/h2-9,17-18H,10,12-13,29H2,1H3/t17-,18+/m0/s1. The number of nitriles is 1. The van der Waals surface area contributed by atoms with E-state index in [1.165, 1.54) is 12.1 Å². The number of nitrogens with two attached hydrogens (primary N) is 1. The molecule has 0 unspecified atom stereocenters. The first kappa shape index (κ1) is 22.1. The Morgan fingerprint density at radius 2 is 1.97 bits per heavy atom. The number of anilines is 1. The molecular weight excluding hydrogens is 464 g/mol. The summed E-state index contributed by atoms with van der Waals surface area (Å²) in [7, 11) is 1.81. The van der Waals surface area contributed by atoms with Gasteiger partial charge in [-0.1, -0.05) is 17.3 Å². The van der Waals surface area contributed by atoms with Gasteiger partial charge >= 0.3 is 0 Å². The van der Waals surface area contributed by atoms with E-state index in [4.69, 9.17) is 10.7 Å². The lowest BCUT2D eigenvalue weighted by Gasteiger charge is -2.33. The third-order valence-electron chi connectivity index (χ3n) is 6.50. The summed E-state index contributed by atoms with van der Waals surface area (Å²) >= 11 is 0. The normalized spacial score (nSPS) is 18.1. The van der Waals surface area contributed by atoms with Gasteiger partial charge in [-0.05, 0) is 30.7 Å². The van der Waals surface area contributed by atoms with E-state index < -0.39 is 12.0 Å². The first-order valence-electron chi connectivity index (χ1n) is 11.4. The predicted octanol–water partition coefficient (Wildman–Crippen LogP) is 3.23. The van der Waals surface area contributed by atoms with Crippen molar-refractivity contribution >= 4 is 22.5 Å². The number of nitrogens with zero attached hydrogens (tertiary/aromatic N) is 8. The van der Waals surface area contributed by atoms with Crippen LogP contribution in [-0.4, -0.2) is 54.7 Å². The van der Waals surface area contributed by atoms with Crippen molar-refractivity contribution in [2.45, 2.75) is 18.6 Å². The van der Waals surface area contributed by atoms with Crippen LogP contribution in [0.4, 0.5) is 14.6 Å². The van der Waals surface area contributed by atoms with Gasteiger partial charge in [-0.25, -0.2) is 23.4 Å². The Morgan fingerprint density at radius 1 is 1.14 bits per heavy atom. The minimum Gasteiger partial charge on any atom is -0.349 e. The average molecular weight is 486 g/mol. The maximum Gasteiger partial charge on any atom is 0.181 e. The van der Waals surface area contributed by atoms with Crippen LogP contribution in [0.5, 0.6) is 0 Å². The van der Waals surface area contributed by atoms with Gasteiger partial charge in [0.05, 0.1) is 29.0 Å². The highest BCUT2D eigenvalue weighted by Crippen LogP contribution is 2.37. The minimum atomic E-state index is -1.07. The van der Waals surface area contributed by atoms with Crippen molar-refractivity contribution in [2.75, 3.05) is 18.0 Å². The molecule has 4 heterocycles. The highest BCUT2D eigenvalue weighted by Gasteiger charge is 2.29. The van der Waals surface area contributed by atoms with E-state index in [0.29, 0.717) is 46.9 Å². The van der Waals surface area contributed by atoms with Gasteiger partial charge in [0.25, 0.3) is 0 Å². The van der Waals surface area contributed by atoms with Crippen LogP contribution < -0.4 is 10.6 Å². The van der Waals surface area contributed by atoms with Crippen molar-refractivity contribution in [1.29, 1.82) is 5.26 Å². The van der Waals surface area contributed by atoms with E-state index in [0.717, 1.165) is 11.1 Å². The molecule has 1 aliphatic heterocycles. The number of rotatable bonds is 3. The smallest absolute Gasteiger partial charge is 0.181 e. The summed E-state index contributed by atoms with van der Waals surface area (Å²) in [6.07, 6.45) is 2.62. The van der Waals surface area contributed by atoms with Crippen LogP contribution in [0, 0.1) is 17.1 Å². The largest absolute Gasteiger partial charge is 0.349 e. The summed E-state index contributed by atoms with van der Waals surface area (Å²) in [5.74, 6) is -0.138. The summed E-state index contributed by atoms with van der Waals surface area (Å²) < 4.78 is 32.6. The van der Waals surface area contributed by atoms with Crippen molar-refractivity contribution < 1.29 is 8.78 Å². The molecule has 180 valence electrons. The number of piperidine rings is 1. The molecule has 0 aliphatic carbocycles. The molecule has 0 spiro atoms. The van der Waals surface area contributed by atoms with E-state index in [1.54, 1.807) is 28.0 Å². The molecule has 6 rings (SSSR count). The molecule has 1 fully saturated rings. The van der Waals surface area contributed by atoms with Crippen molar-refractivity contribution in [3.8, 4) is 28.6 Å². The third-order valence-corrected chi connectivity index (χ3v) is 6.50. The molecule has 2 aromatic carbocycles. The number of aryl methyl sites for hydroxylation is 1. The van der Waals surface area contributed by atoms with E-state index in [-0.39, 0.29) is 18.2 Å². The number of imidazole rings is 1. The van der Waals surface area contributed by atoms with E-state index in [2.05, 4.69) is 15.3 Å². The molecule has 0 amide bonds. The number of halogens is 2. The van der Waals surface area contributed by atoms with E-state index >= 15 is 0 Å². The second kappa shape index (κ2) is 8.35. The van der Waals surface area contributed by atoms with Crippen LogP contribution in [0.2, 0.25) is 0 Å². The van der Waals surface area contributed by atoms with E-state index in [1.807, 2.05) is 35.7 Å². The Morgan fingerprint density at radius 3 is 2.75 bits per heavy atom. The second-order valence-electron chi connectivity index (χ2n) is 8.97. The molecular formula is C25H21F2N9. The van der Waals surface area contributed by atoms with Gasteiger partial charge in [-0.2, -0.15) is 5.26 Å². The Balaban J connectivity index is 1.61. The number of alkyl halides is 1. The maximum atomic E-state index is 14.6. The molecule has 0 saturated carbocycles. The number of fused-ring (bicyclic) bond motifs is 2. The molecule has 9 nitrogen and oxygen atoms in total. The number of benzene rings is 2. The van der Waals surface area contributed by atoms with E-state index in [9.17, 15) is 14.0 Å². The van der Waals surface area contributed by atoms with Gasteiger partial charge < -0.3 is 10.6 Å². The number of hydrogen-bond donors (Lipinski definition) is 1. The molecule has 5 aromatic rings. The van der Waals surface area contributed by atoms with Crippen LogP contribution >= 0.6 is 0 Å². The maximum absolute atomic E-state index is 14.6. The fourth-order valence-corrected chi connectivity index (χ4v) is 4.85. The molecule has 11 heteroatoms. The molecule has 1 saturated heterocycles. The Bertz CT molecular complexity index is 1660. The second-order valence-corrected chi connectivity index (χ2v) is 8.97. The van der Waals surface area contributed by atoms with Crippen molar-refractivity contribution in [3.63, 3.8) is 0 Å². The number of hydrogen-bond acceptors (Lipinski definition) is 7. The lowest BCUT2D eigenvalue weighted by atomic mass is 10.0. The quantitative estimate of drug-likeness (QED) is 0.417. The van der Waals surface area contributed by atoms with Crippen molar-refractivity contribution in [3.05, 3.63) is 60.2 Å². The fraction of sp³-hybridized carbons (Fsp3) is 0.240. The van der Waals surface area contributed by atoms with Gasteiger partial charge in [0.15, 0.2) is 11.5 Å². The van der Waals surface area contributed by atoms with Crippen LogP contribution in [0.3, 0.4) is 0 Å². The summed E-state index contributed by atoms with van der Waals surface area (Å²) in [5, 5.41) is 17.5. The van der Waals surface area contributed by atoms with Gasteiger partial charge in [0, 0.05) is 43.2 Å². The zero-order chi connectivity index (χ0) is 25.0. The molecule has 3 aromatic heterocycles. The Labute approximate surface area is 204 Å². The molecule has 36 heavy (non-hydrogen) atoms. The summed E-state index contributed by atoms with van der Waals surface area (Å²) in [6.45, 7) is 0.608. The molecule has 0 bridgehead atoms. The topological polar surface area (TPSA) is 114 Å². The zero-order valence-corrected chi connectivity index (χ0v) is 19.3. The van der Waals surface area contributed by atoms with Gasteiger partial charge in [0.1, 0.15) is 23.6 Å². The zero-order valence-electron chi connectivity index (χ0n) is 19.3. The molecule has 0 radical (unpaired) electrons. The highest BCUT2D eigenvalue weighted by atomic mass is 19.1. The average Bonchev–Trinajstić information content (AvgIpc) is 3.43. The highest BCUT2D eigenvalue weighted by molar-refractivity contribution is 5.89. The minimum absolute atomic E-state index is 0.0521. The van der Waals surface area contributed by atoms with Crippen LogP contribution in [-0.2, 0) is 7.05 Å². The Kier molecular flexibility index (Phi) is 5.12. The van der Waals surface area contributed by atoms with Crippen molar-refractivity contribution in [2.24, 2.45) is 12.8 Å². The number of aromatic nitrogens is 6. The molecule has 2 atom stereocenters. The summed E-state index contributed by atoms with van der Waals surface area (Å²) in [6, 6.07) is 11.6. The van der Waals surface area contributed by atoms with Crippen molar-refractivity contribution in [1.82, 2.24) is 29.4 Å². The SMILES string of the molecule is Cn1nnc2cc(-c3c(-c4ccc(C#N)c(F)c4)nc4c(N5C[C@H](N)C[C@H](F)C5)nccn34)ccc21. The van der Waals surface area contributed by atoms with Crippen LogP contribution in [0.25, 0.3) is 39.2 Å². The first-order valence-corrected chi connectivity index (χ1v) is 11.4. The lowest BCUT2D eigenvalue weighted by molar-refractivity contribution is 0.268. The molecule has 1 aliphatic rings. The van der Waals surface area contributed by atoms with Gasteiger partial charge in [0.2, 0.25) is 0 Å². The lowest BCUT2D eigenvalue weighted by Crippen LogP contribution is -2.48. The molecule has 2 N–H and O–H groups in total. The Hall–Kier alpha value is -4.43. The first-order chi connectivity index (χ1) is 17.4.